The molecule has 36 heavy (non-hydrogen) atoms. The fourth-order valence-corrected chi connectivity index (χ4v) is 5.44. The normalized spacial score (nSPS) is 22.2. The van der Waals surface area contributed by atoms with Crippen molar-refractivity contribution in [2.45, 2.75) is 26.3 Å². The fraction of sp³-hybridized carbons (Fsp3) is 0.400. The maximum absolute atomic E-state index is 14.6. The van der Waals surface area contributed by atoms with E-state index >= 15 is 0 Å². The largest absolute Gasteiger partial charge is 0.463 e. The number of hydrazone groups is 1. The number of nitrogens with one attached hydrogen (secondary N) is 1. The molecule has 1 aromatic carbocycles. The number of nitrogens with zero attached hydrogens (tertiary/aromatic N) is 5. The number of carbonyl (C=O) groups is 2. The van der Waals surface area contributed by atoms with Gasteiger partial charge in [0.1, 0.15) is 11.9 Å². The summed E-state index contributed by atoms with van der Waals surface area (Å²) in [5.74, 6) is -0.508. The molecular weight excluding hydrogens is 483 g/mol. The van der Waals surface area contributed by atoms with Gasteiger partial charge >= 0.3 is 5.97 Å². The van der Waals surface area contributed by atoms with E-state index in [-0.39, 0.29) is 24.2 Å². The molecule has 4 heterocycles. The van der Waals surface area contributed by atoms with Gasteiger partial charge in [0.25, 0.3) is 5.91 Å². The molecule has 0 aliphatic carbocycles. The molecule has 11 heteroatoms. The van der Waals surface area contributed by atoms with Gasteiger partial charge in [-0.2, -0.15) is 5.10 Å². The van der Waals surface area contributed by atoms with Gasteiger partial charge < -0.3 is 10.1 Å². The highest BCUT2D eigenvalue weighted by atomic mass is 32.1. The Morgan fingerprint density at radius 3 is 2.94 bits per heavy atom. The Kier molecular flexibility index (Phi) is 6.67. The van der Waals surface area contributed by atoms with Crippen LogP contribution in [0.25, 0.3) is 0 Å². The Labute approximate surface area is 212 Å². The number of aromatic nitrogens is 1. The minimum absolute atomic E-state index is 0.0201. The van der Waals surface area contributed by atoms with E-state index in [9.17, 15) is 14.0 Å². The first kappa shape index (κ1) is 24.3. The SMILES string of the molecule is CCOC(=O)C1=C(CN2CCC3C(=O)N(C)N=C3C2)NC(c2nccs2)=N[C@H]1c1cccc(F)c1C. The maximum atomic E-state index is 14.6. The van der Waals surface area contributed by atoms with E-state index in [4.69, 9.17) is 9.73 Å². The molecule has 5 rings (SSSR count). The maximum Gasteiger partial charge on any atom is 0.338 e. The molecule has 1 aromatic heterocycles. The average Bonchev–Trinajstić information content (AvgIpc) is 3.49. The van der Waals surface area contributed by atoms with Gasteiger partial charge in [-0.25, -0.2) is 19.2 Å². The lowest BCUT2D eigenvalue weighted by molar-refractivity contribution is -0.139. The van der Waals surface area contributed by atoms with E-state index in [1.54, 1.807) is 39.2 Å². The summed E-state index contributed by atoms with van der Waals surface area (Å²) in [6, 6.07) is 4.04. The van der Waals surface area contributed by atoms with Crippen molar-refractivity contribution in [2.24, 2.45) is 16.0 Å². The summed E-state index contributed by atoms with van der Waals surface area (Å²) < 4.78 is 20.0. The van der Waals surface area contributed by atoms with Crippen LogP contribution in [0.15, 0.2) is 51.1 Å². The first-order chi connectivity index (χ1) is 17.4. The second-order valence-corrected chi connectivity index (χ2v) is 9.81. The zero-order chi connectivity index (χ0) is 25.4. The number of fused-ring (bicyclic) bond motifs is 1. The second kappa shape index (κ2) is 9.90. The lowest BCUT2D eigenvalue weighted by Gasteiger charge is -2.33. The third-order valence-corrected chi connectivity index (χ3v) is 7.44. The molecule has 1 unspecified atom stereocenters. The molecular formula is C25H27FN6O3S. The van der Waals surface area contributed by atoms with Crippen LogP contribution in [0, 0.1) is 18.7 Å². The summed E-state index contributed by atoms with van der Waals surface area (Å²) in [4.78, 5) is 37.0. The number of rotatable bonds is 6. The predicted octanol–water partition coefficient (Wildman–Crippen LogP) is 2.65. The van der Waals surface area contributed by atoms with Crippen LogP contribution < -0.4 is 5.32 Å². The van der Waals surface area contributed by atoms with Gasteiger partial charge in [0, 0.05) is 44.0 Å². The molecule has 9 nitrogen and oxygen atoms in total. The van der Waals surface area contributed by atoms with Crippen molar-refractivity contribution in [2.75, 3.05) is 33.3 Å². The first-order valence-corrected chi connectivity index (χ1v) is 12.7. The van der Waals surface area contributed by atoms with Crippen LogP contribution in [0.3, 0.4) is 0 Å². The lowest BCUT2D eigenvalue weighted by Crippen LogP contribution is -2.46. The summed E-state index contributed by atoms with van der Waals surface area (Å²) in [6.45, 7) is 5.19. The minimum atomic E-state index is -0.760. The topological polar surface area (TPSA) is 99.5 Å². The highest BCUT2D eigenvalue weighted by Gasteiger charge is 2.39. The lowest BCUT2D eigenvalue weighted by atomic mass is 9.91. The summed E-state index contributed by atoms with van der Waals surface area (Å²) in [5, 5.41) is 11.7. The Bertz CT molecular complexity index is 1290. The monoisotopic (exact) mass is 510 g/mol. The van der Waals surface area contributed by atoms with E-state index in [1.807, 2.05) is 5.38 Å². The third kappa shape index (κ3) is 4.44. The van der Waals surface area contributed by atoms with Gasteiger partial charge in [-0.3, -0.25) is 14.7 Å². The second-order valence-electron chi connectivity index (χ2n) is 8.91. The van der Waals surface area contributed by atoms with E-state index in [0.29, 0.717) is 59.3 Å². The highest BCUT2D eigenvalue weighted by molar-refractivity contribution is 7.11. The number of amidine groups is 1. The van der Waals surface area contributed by atoms with Gasteiger partial charge in [0.15, 0.2) is 10.8 Å². The van der Waals surface area contributed by atoms with Crippen molar-refractivity contribution in [3.63, 3.8) is 0 Å². The standard InChI is InChI=1S/C25H27FN6O3S/c1-4-35-25(34)20-19(13-32-10-8-16-18(12-32)30-31(3)24(16)33)28-22(23-27-9-11-36-23)29-21(20)15-6-5-7-17(26)14(15)2/h5-7,9,11,16,21H,4,8,10,12-13H2,1-3H3,(H,28,29)/t16?,21-/m0/s1. The Hall–Kier alpha value is -3.44. The molecule has 188 valence electrons. The van der Waals surface area contributed by atoms with Crippen molar-refractivity contribution in [1.29, 1.82) is 0 Å². The van der Waals surface area contributed by atoms with Crippen molar-refractivity contribution in [3.05, 3.63) is 63.0 Å². The van der Waals surface area contributed by atoms with Gasteiger partial charge in [-0.1, -0.05) is 12.1 Å². The van der Waals surface area contributed by atoms with Crippen LogP contribution in [0.2, 0.25) is 0 Å². The molecule has 1 fully saturated rings. The molecule has 1 amide bonds. The molecule has 0 bridgehead atoms. The van der Waals surface area contributed by atoms with Crippen molar-refractivity contribution < 1.29 is 18.7 Å². The van der Waals surface area contributed by atoms with E-state index < -0.39 is 12.0 Å². The number of thiazole rings is 1. The third-order valence-electron chi connectivity index (χ3n) is 6.66. The summed E-state index contributed by atoms with van der Waals surface area (Å²) >= 11 is 1.42. The number of benzene rings is 1. The van der Waals surface area contributed by atoms with Crippen LogP contribution >= 0.6 is 11.3 Å². The summed E-state index contributed by atoms with van der Waals surface area (Å²) in [7, 11) is 1.67. The molecule has 0 spiro atoms. The smallest absolute Gasteiger partial charge is 0.338 e. The molecule has 0 radical (unpaired) electrons. The summed E-state index contributed by atoms with van der Waals surface area (Å²) in [6.07, 6.45) is 2.34. The molecule has 1 saturated heterocycles. The van der Waals surface area contributed by atoms with Gasteiger partial charge in [0.2, 0.25) is 0 Å². The van der Waals surface area contributed by atoms with Gasteiger partial charge in [-0.15, -0.1) is 11.3 Å². The van der Waals surface area contributed by atoms with Crippen molar-refractivity contribution >= 4 is 34.8 Å². The molecule has 2 atom stereocenters. The van der Waals surface area contributed by atoms with E-state index in [2.05, 4.69) is 20.3 Å². The molecule has 3 aliphatic heterocycles. The zero-order valence-electron chi connectivity index (χ0n) is 20.3. The Morgan fingerprint density at radius 2 is 2.19 bits per heavy atom. The van der Waals surface area contributed by atoms with Crippen LogP contribution in [0.5, 0.6) is 0 Å². The number of piperidine rings is 1. The van der Waals surface area contributed by atoms with Crippen LogP contribution in [-0.4, -0.2) is 71.6 Å². The average molecular weight is 511 g/mol. The van der Waals surface area contributed by atoms with Gasteiger partial charge in [0.05, 0.1) is 23.8 Å². The highest BCUT2D eigenvalue weighted by Crippen LogP contribution is 2.36. The Balaban J connectivity index is 1.56. The quantitative estimate of drug-likeness (QED) is 0.600. The number of hydrogen-bond donors (Lipinski definition) is 1. The fourth-order valence-electron chi connectivity index (χ4n) is 4.85. The number of ether oxygens (including phenoxy) is 1. The summed E-state index contributed by atoms with van der Waals surface area (Å²) in [5.41, 5.74) is 2.82. The molecule has 3 aliphatic rings. The Morgan fingerprint density at radius 1 is 1.36 bits per heavy atom. The molecule has 2 aromatic rings. The minimum Gasteiger partial charge on any atom is -0.463 e. The van der Waals surface area contributed by atoms with Crippen molar-refractivity contribution in [1.82, 2.24) is 20.2 Å². The van der Waals surface area contributed by atoms with E-state index in [0.717, 1.165) is 5.71 Å². The number of halogens is 1. The number of aliphatic imine (C=N–C) groups is 1. The molecule has 0 saturated carbocycles. The predicted molar refractivity (Wildman–Crippen MR) is 134 cm³/mol. The van der Waals surface area contributed by atoms with E-state index in [1.165, 1.54) is 22.4 Å². The number of likely N-dealkylation sites (tertiary alicyclic amines) is 1. The number of esters is 1. The molecule has 1 N–H and O–H groups in total. The number of hydrogen-bond acceptors (Lipinski definition) is 9. The van der Waals surface area contributed by atoms with Crippen LogP contribution in [-0.2, 0) is 14.3 Å². The van der Waals surface area contributed by atoms with Gasteiger partial charge in [-0.05, 0) is 37.5 Å². The van der Waals surface area contributed by atoms with Crippen LogP contribution in [0.1, 0.15) is 35.5 Å². The zero-order valence-corrected chi connectivity index (χ0v) is 21.1. The van der Waals surface area contributed by atoms with Crippen molar-refractivity contribution in [3.8, 4) is 0 Å². The first-order valence-electron chi connectivity index (χ1n) is 11.8. The number of carbonyl (C=O) groups excluding carboxylic acids is 2. The number of amides is 1. The van der Waals surface area contributed by atoms with Crippen LogP contribution in [0.4, 0.5) is 4.39 Å².